The van der Waals surface area contributed by atoms with E-state index in [4.69, 9.17) is 16.3 Å². The van der Waals surface area contributed by atoms with Gasteiger partial charge in [0.25, 0.3) is 0 Å². The van der Waals surface area contributed by atoms with Gasteiger partial charge in [-0.25, -0.2) is 0 Å². The molecule has 2 aromatic heterocycles. The van der Waals surface area contributed by atoms with Crippen molar-refractivity contribution in [3.05, 3.63) is 46.0 Å². The molecule has 1 N–H and O–H groups in total. The summed E-state index contributed by atoms with van der Waals surface area (Å²) in [5.41, 5.74) is 0.648. The Morgan fingerprint density at radius 1 is 1.39 bits per heavy atom. The molecule has 118 valence electrons. The van der Waals surface area contributed by atoms with E-state index in [1.165, 1.54) is 6.33 Å². The minimum atomic E-state index is -0.707. The number of fused-ring (bicyclic) bond motifs is 1. The fourth-order valence-electron chi connectivity index (χ4n) is 2.00. The Morgan fingerprint density at radius 3 is 3.00 bits per heavy atom. The van der Waals surface area contributed by atoms with Crippen molar-refractivity contribution < 1.29 is 13.9 Å². The van der Waals surface area contributed by atoms with Crippen LogP contribution in [0, 0.1) is 5.82 Å². The van der Waals surface area contributed by atoms with Crippen LogP contribution in [0.3, 0.4) is 0 Å². The zero-order valence-corrected chi connectivity index (χ0v) is 14.4. The molecule has 5 nitrogen and oxygen atoms in total. The van der Waals surface area contributed by atoms with Crippen molar-refractivity contribution in [3.8, 4) is 0 Å². The van der Waals surface area contributed by atoms with Crippen LogP contribution in [0.5, 0.6) is 0 Å². The molecule has 0 amide bonds. The van der Waals surface area contributed by atoms with Crippen LogP contribution >= 0.6 is 11.6 Å². The van der Waals surface area contributed by atoms with Crippen molar-refractivity contribution in [2.24, 2.45) is 0 Å². The molecule has 0 spiro atoms. The molecule has 2 heterocycles. The van der Waals surface area contributed by atoms with Gasteiger partial charge in [0.15, 0.2) is 0 Å². The number of esters is 1. The zero-order valence-electron chi connectivity index (χ0n) is 12.0. The number of anilines is 2. The first kappa shape index (κ1) is 15.9. The first-order valence-corrected chi connectivity index (χ1v) is 8.81. The van der Waals surface area contributed by atoms with Gasteiger partial charge in [-0.05, 0) is 0 Å². The molecule has 3 aromatic rings. The van der Waals surface area contributed by atoms with Crippen molar-refractivity contribution in [1.82, 2.24) is 9.97 Å². The third kappa shape index (κ3) is 3.37. The number of nitrogens with one attached hydrogen (secondary N) is 1. The molecular weight excluding hydrogens is 388 g/mol. The number of hydrogen-bond acceptors (Lipinski definition) is 5. The van der Waals surface area contributed by atoms with Crippen molar-refractivity contribution in [1.29, 1.82) is 0 Å². The van der Waals surface area contributed by atoms with Crippen molar-refractivity contribution >= 4 is 53.2 Å². The Bertz CT molecular complexity index is 884. The molecule has 0 saturated heterocycles. The van der Waals surface area contributed by atoms with Gasteiger partial charge in [0.2, 0.25) is 0 Å². The molecule has 1 aromatic carbocycles. The number of hydrogen-bond donors (Lipinski definition) is 1. The van der Waals surface area contributed by atoms with E-state index >= 15 is 0 Å². The van der Waals surface area contributed by atoms with Crippen LogP contribution in [-0.4, -0.2) is 37.0 Å². The number of halogens is 2. The number of carbonyl (C=O) groups is 1. The van der Waals surface area contributed by atoms with Crippen LogP contribution in [0.1, 0.15) is 16.2 Å². The molecule has 0 aliphatic rings. The fraction of sp³-hybridized carbons (Fsp3) is 0.133. The molecule has 23 heavy (non-hydrogen) atoms. The Balaban J connectivity index is 1.91. The second-order valence-corrected chi connectivity index (χ2v) is 7.17. The van der Waals surface area contributed by atoms with Crippen LogP contribution in [0.2, 0.25) is 5.15 Å². The molecule has 0 aliphatic carbocycles. The number of benzene rings is 1. The molecule has 0 bridgehead atoms. The summed E-state index contributed by atoms with van der Waals surface area (Å²) in [5.74, 6) is -0.989. The molecule has 0 atom stereocenters. The maximum absolute atomic E-state index is 13.8. The third-order valence-corrected chi connectivity index (χ3v) is 5.57. The van der Waals surface area contributed by atoms with E-state index in [-0.39, 0.29) is 31.4 Å². The second kappa shape index (κ2) is 6.66. The summed E-state index contributed by atoms with van der Waals surface area (Å²) in [6.45, 7) is 2.13. The second-order valence-electron chi connectivity index (χ2n) is 4.54. The average molecular weight is 399 g/mol. The number of carbonyl (C=O) groups excluding carboxylic acids is 1. The van der Waals surface area contributed by atoms with Gasteiger partial charge in [-0.15, -0.1) is 0 Å². The summed E-state index contributed by atoms with van der Waals surface area (Å²) in [4.78, 5) is 19.2. The molecule has 3 rings (SSSR count). The Kier molecular flexibility index (Phi) is 4.61. The van der Waals surface area contributed by atoms with Crippen LogP contribution < -0.4 is 5.32 Å². The first-order valence-electron chi connectivity index (χ1n) is 6.72. The van der Waals surface area contributed by atoms with E-state index in [0.29, 0.717) is 16.7 Å². The standard InChI is InChI=1S/C15H11ClFN3O2Se/c1-2-22-15(21)11-6-8-5-9(3-4-10(8)23-11)20-14-12(17)13(16)18-7-19-14/h3-7H,2H2,1H3,(H,18,19,20). The SMILES string of the molecule is CCOC(=O)c1cc2cc(Nc3ncnc(Cl)c3F)ccc2[se]1. The van der Waals surface area contributed by atoms with Crippen LogP contribution in [0.15, 0.2) is 30.6 Å². The van der Waals surface area contributed by atoms with Crippen molar-refractivity contribution in [2.75, 3.05) is 11.9 Å². The summed E-state index contributed by atoms with van der Waals surface area (Å²) >= 11 is 5.55. The number of aromatic nitrogens is 2. The van der Waals surface area contributed by atoms with Crippen molar-refractivity contribution in [3.63, 3.8) is 0 Å². The van der Waals surface area contributed by atoms with Gasteiger partial charge in [-0.1, -0.05) is 0 Å². The molecular formula is C15H11ClFN3O2Se. The monoisotopic (exact) mass is 399 g/mol. The Morgan fingerprint density at radius 2 is 2.22 bits per heavy atom. The predicted octanol–water partition coefficient (Wildman–Crippen LogP) is 3.40. The van der Waals surface area contributed by atoms with Crippen LogP contribution in [-0.2, 0) is 4.74 Å². The summed E-state index contributed by atoms with van der Waals surface area (Å²) in [5, 5.41) is 3.54. The topological polar surface area (TPSA) is 64.1 Å². The molecule has 0 unspecified atom stereocenters. The molecule has 0 fully saturated rings. The molecule has 8 heteroatoms. The molecule has 0 radical (unpaired) electrons. The number of nitrogens with zero attached hydrogens (tertiary/aromatic N) is 2. The number of rotatable bonds is 4. The first-order chi connectivity index (χ1) is 11.1. The van der Waals surface area contributed by atoms with Gasteiger partial charge in [-0.3, -0.25) is 0 Å². The van der Waals surface area contributed by atoms with Crippen LogP contribution in [0.4, 0.5) is 15.9 Å². The summed E-state index contributed by atoms with van der Waals surface area (Å²) in [6.07, 6.45) is 1.18. The summed E-state index contributed by atoms with van der Waals surface area (Å²) < 4.78 is 20.6. The Labute approximate surface area is 142 Å². The van der Waals surface area contributed by atoms with E-state index in [0.717, 1.165) is 9.65 Å². The van der Waals surface area contributed by atoms with Gasteiger partial charge in [-0.2, -0.15) is 0 Å². The molecule has 0 aliphatic heterocycles. The van der Waals surface area contributed by atoms with Crippen LogP contribution in [0.25, 0.3) is 9.65 Å². The van der Waals surface area contributed by atoms with Gasteiger partial charge in [0.1, 0.15) is 0 Å². The van der Waals surface area contributed by atoms with E-state index in [9.17, 15) is 9.18 Å². The van der Waals surface area contributed by atoms with E-state index < -0.39 is 5.82 Å². The van der Waals surface area contributed by atoms with E-state index in [1.807, 2.05) is 18.2 Å². The number of ether oxygens (including phenoxy) is 1. The quantitative estimate of drug-likeness (QED) is 0.414. The van der Waals surface area contributed by atoms with E-state index in [2.05, 4.69) is 15.3 Å². The Hall–Kier alpha value is -1.95. The predicted molar refractivity (Wildman–Crippen MR) is 87.1 cm³/mol. The summed E-state index contributed by atoms with van der Waals surface area (Å²) in [6, 6.07) is 7.35. The van der Waals surface area contributed by atoms with Gasteiger partial charge in [0.05, 0.1) is 0 Å². The van der Waals surface area contributed by atoms with Gasteiger partial charge < -0.3 is 0 Å². The zero-order chi connectivity index (χ0) is 16.4. The molecule has 0 saturated carbocycles. The average Bonchev–Trinajstić information content (AvgIpc) is 2.95. The normalized spacial score (nSPS) is 10.7. The van der Waals surface area contributed by atoms with Crippen molar-refractivity contribution in [2.45, 2.75) is 6.92 Å². The third-order valence-electron chi connectivity index (χ3n) is 3.00. The minimum absolute atomic E-state index is 0.00283. The van der Waals surface area contributed by atoms with Gasteiger partial charge in [0, 0.05) is 0 Å². The maximum atomic E-state index is 13.8. The fourth-order valence-corrected chi connectivity index (χ4v) is 4.09. The summed E-state index contributed by atoms with van der Waals surface area (Å²) in [7, 11) is 0. The van der Waals surface area contributed by atoms with E-state index in [1.54, 1.807) is 13.0 Å². The van der Waals surface area contributed by atoms with Gasteiger partial charge >= 0.3 is 142 Å².